The molecule has 214 valence electrons. The Morgan fingerprint density at radius 2 is 1.71 bits per heavy atom. The average molecular weight is 561 g/mol. The van der Waals surface area contributed by atoms with E-state index in [2.05, 4.69) is 4.90 Å². The van der Waals surface area contributed by atoms with E-state index in [1.807, 2.05) is 37.3 Å². The van der Waals surface area contributed by atoms with E-state index in [9.17, 15) is 24.2 Å². The highest BCUT2D eigenvalue weighted by Crippen LogP contribution is 2.49. The molecule has 3 aliphatic rings. The second-order valence-corrected chi connectivity index (χ2v) is 11.3. The number of carboxylic acid groups (broad SMARTS) is 1. The Balaban J connectivity index is 1.11. The van der Waals surface area contributed by atoms with Crippen molar-refractivity contribution in [2.45, 2.75) is 50.2 Å². The van der Waals surface area contributed by atoms with E-state index < -0.39 is 17.0 Å². The molecule has 1 amide bonds. The summed E-state index contributed by atoms with van der Waals surface area (Å²) in [4.78, 5) is 28.4. The third kappa shape index (κ3) is 5.10. The lowest BCUT2D eigenvalue weighted by atomic mass is 9.90. The number of carbonyl (C=O) groups is 2. The van der Waals surface area contributed by atoms with Gasteiger partial charge in [-0.05, 0) is 72.9 Å². The van der Waals surface area contributed by atoms with Crippen LogP contribution in [0.2, 0.25) is 0 Å². The van der Waals surface area contributed by atoms with Crippen molar-refractivity contribution in [3.8, 4) is 22.6 Å². The van der Waals surface area contributed by atoms with Crippen LogP contribution in [0.5, 0.6) is 11.5 Å². The molecule has 2 aliphatic heterocycles. The predicted molar refractivity (Wildman–Crippen MR) is 151 cm³/mol. The highest BCUT2D eigenvalue weighted by atomic mass is 19.1. The minimum atomic E-state index is -0.801. The molecule has 6 rings (SSSR count). The summed E-state index contributed by atoms with van der Waals surface area (Å²) in [6.45, 7) is 4.77. The first-order valence-corrected chi connectivity index (χ1v) is 14.0. The van der Waals surface area contributed by atoms with E-state index >= 15 is 0 Å². The molecule has 3 fully saturated rings. The van der Waals surface area contributed by atoms with E-state index in [1.54, 1.807) is 23.1 Å². The molecule has 8 nitrogen and oxygen atoms in total. The first-order valence-electron chi connectivity index (χ1n) is 14.0. The summed E-state index contributed by atoms with van der Waals surface area (Å²) >= 11 is 0. The molecule has 0 bridgehead atoms. The van der Waals surface area contributed by atoms with Crippen LogP contribution in [-0.4, -0.2) is 59.0 Å². The van der Waals surface area contributed by atoms with Gasteiger partial charge in [0.05, 0.1) is 24.1 Å². The van der Waals surface area contributed by atoms with Crippen molar-refractivity contribution in [1.29, 1.82) is 0 Å². The minimum absolute atomic E-state index is 0.0772. The van der Waals surface area contributed by atoms with Crippen LogP contribution in [0.15, 0.2) is 60.7 Å². The van der Waals surface area contributed by atoms with Crippen molar-refractivity contribution < 1.29 is 33.7 Å². The van der Waals surface area contributed by atoms with Crippen molar-refractivity contribution in [1.82, 2.24) is 4.90 Å². The summed E-state index contributed by atoms with van der Waals surface area (Å²) in [6, 6.07) is 16.8. The fourth-order valence-electron chi connectivity index (χ4n) is 6.09. The van der Waals surface area contributed by atoms with Crippen LogP contribution >= 0.6 is 0 Å². The Hall–Kier alpha value is -4.11. The molecule has 0 unspecified atom stereocenters. The SMILES string of the molecule is CCOc1cc(CN2CCC3(CC2)CN(c2ccc(C4(C(=O)O)CC4)cc2)C(=O)O3)cc(O)c1-c1ccc(F)cc1. The van der Waals surface area contributed by atoms with Gasteiger partial charge in [-0.15, -0.1) is 0 Å². The number of aromatic hydroxyl groups is 1. The van der Waals surface area contributed by atoms with E-state index in [1.165, 1.54) is 12.1 Å². The number of amides is 1. The first kappa shape index (κ1) is 27.1. The Kier molecular flexibility index (Phi) is 6.85. The molecule has 0 atom stereocenters. The van der Waals surface area contributed by atoms with Crippen molar-refractivity contribution >= 4 is 17.7 Å². The Bertz CT molecular complexity index is 1460. The number of phenolic OH excluding ortho intramolecular Hbond substituents is 1. The Labute approximate surface area is 237 Å². The number of ether oxygens (including phenoxy) is 2. The maximum atomic E-state index is 13.4. The quantitative estimate of drug-likeness (QED) is 0.364. The zero-order valence-corrected chi connectivity index (χ0v) is 22.9. The van der Waals surface area contributed by atoms with Gasteiger partial charge in [-0.3, -0.25) is 14.6 Å². The van der Waals surface area contributed by atoms with Crippen LogP contribution in [0.1, 0.15) is 43.7 Å². The van der Waals surface area contributed by atoms with Crippen molar-refractivity contribution in [2.24, 2.45) is 0 Å². The van der Waals surface area contributed by atoms with E-state index in [-0.39, 0.29) is 17.7 Å². The zero-order chi connectivity index (χ0) is 28.8. The number of phenols is 1. The standard InChI is InChI=1S/C32H33FN2O6/c1-2-40-27-18-21(17-26(36)28(27)22-3-7-24(33)8-4-22)19-34-15-13-31(14-16-34)20-35(30(39)41-31)25-9-5-23(6-10-25)32(11-12-32)29(37)38/h3-10,17-18,36H,2,11-16,19-20H2,1H3,(H,37,38). The van der Waals surface area contributed by atoms with Crippen molar-refractivity contribution in [2.75, 3.05) is 31.1 Å². The van der Waals surface area contributed by atoms with Gasteiger partial charge in [0.2, 0.25) is 0 Å². The molecule has 1 aliphatic carbocycles. The molecule has 2 N–H and O–H groups in total. The second kappa shape index (κ2) is 10.4. The fourth-order valence-corrected chi connectivity index (χ4v) is 6.09. The maximum Gasteiger partial charge on any atom is 0.415 e. The zero-order valence-electron chi connectivity index (χ0n) is 22.9. The lowest BCUT2D eigenvalue weighted by Gasteiger charge is -2.37. The number of likely N-dealkylation sites (tertiary alicyclic amines) is 1. The van der Waals surface area contributed by atoms with Crippen LogP contribution in [0.4, 0.5) is 14.9 Å². The number of hydrogen-bond acceptors (Lipinski definition) is 6. The number of nitrogens with zero attached hydrogens (tertiary/aromatic N) is 2. The second-order valence-electron chi connectivity index (χ2n) is 11.3. The van der Waals surface area contributed by atoms with Crippen molar-refractivity contribution in [3.63, 3.8) is 0 Å². The highest BCUT2D eigenvalue weighted by molar-refractivity contribution is 5.91. The molecular weight excluding hydrogens is 527 g/mol. The van der Waals surface area contributed by atoms with Gasteiger partial charge in [-0.1, -0.05) is 24.3 Å². The van der Waals surface area contributed by atoms with Crippen LogP contribution < -0.4 is 9.64 Å². The summed E-state index contributed by atoms with van der Waals surface area (Å²) in [5, 5.41) is 20.5. The monoisotopic (exact) mass is 560 g/mol. The Morgan fingerprint density at radius 1 is 1.02 bits per heavy atom. The molecule has 1 spiro atoms. The molecule has 2 saturated heterocycles. The lowest BCUT2D eigenvalue weighted by molar-refractivity contribution is -0.140. The summed E-state index contributed by atoms with van der Waals surface area (Å²) in [6.07, 6.45) is 2.24. The minimum Gasteiger partial charge on any atom is -0.507 e. The van der Waals surface area contributed by atoms with E-state index in [0.29, 0.717) is 81.0 Å². The third-order valence-corrected chi connectivity index (χ3v) is 8.61. The van der Waals surface area contributed by atoms with E-state index in [4.69, 9.17) is 9.47 Å². The topological polar surface area (TPSA) is 99.5 Å². The van der Waals surface area contributed by atoms with Gasteiger partial charge in [0.1, 0.15) is 22.9 Å². The summed E-state index contributed by atoms with van der Waals surface area (Å²) < 4.78 is 25.2. The van der Waals surface area contributed by atoms with Gasteiger partial charge < -0.3 is 19.7 Å². The first-order chi connectivity index (χ1) is 19.7. The average Bonchev–Trinajstić information content (AvgIpc) is 3.71. The van der Waals surface area contributed by atoms with Crippen LogP contribution in [0, 0.1) is 5.82 Å². The smallest absolute Gasteiger partial charge is 0.415 e. The third-order valence-electron chi connectivity index (χ3n) is 8.61. The predicted octanol–water partition coefficient (Wildman–Crippen LogP) is 5.70. The molecule has 0 aromatic heterocycles. The number of anilines is 1. The van der Waals surface area contributed by atoms with Crippen LogP contribution in [0.3, 0.4) is 0 Å². The van der Waals surface area contributed by atoms with Crippen LogP contribution in [0.25, 0.3) is 11.1 Å². The number of aliphatic carboxylic acids is 1. The maximum absolute atomic E-state index is 13.4. The van der Waals surface area contributed by atoms with Gasteiger partial charge in [-0.2, -0.15) is 0 Å². The lowest BCUT2D eigenvalue weighted by Crippen LogP contribution is -2.46. The summed E-state index contributed by atoms with van der Waals surface area (Å²) in [5.41, 5.74) is 2.24. The molecule has 1 saturated carbocycles. The number of hydrogen-bond donors (Lipinski definition) is 2. The number of halogens is 1. The van der Waals surface area contributed by atoms with Gasteiger partial charge in [0.25, 0.3) is 0 Å². The fraction of sp³-hybridized carbons (Fsp3) is 0.375. The van der Waals surface area contributed by atoms with Crippen molar-refractivity contribution in [3.05, 3.63) is 77.6 Å². The molecular formula is C32H33FN2O6. The van der Waals surface area contributed by atoms with Gasteiger partial charge in [0, 0.05) is 38.2 Å². The Morgan fingerprint density at radius 3 is 2.32 bits per heavy atom. The van der Waals surface area contributed by atoms with Crippen LogP contribution in [-0.2, 0) is 21.5 Å². The summed E-state index contributed by atoms with van der Waals surface area (Å²) in [7, 11) is 0. The number of carbonyl (C=O) groups excluding carboxylic acids is 1. The molecule has 3 aromatic carbocycles. The summed E-state index contributed by atoms with van der Waals surface area (Å²) in [5.74, 6) is -0.523. The molecule has 3 aromatic rings. The normalized spacial score (nSPS) is 19.3. The number of carboxylic acids is 1. The van der Waals surface area contributed by atoms with E-state index in [0.717, 1.165) is 11.1 Å². The number of rotatable bonds is 8. The molecule has 2 heterocycles. The highest BCUT2D eigenvalue weighted by Gasteiger charge is 2.52. The number of piperidine rings is 1. The van der Waals surface area contributed by atoms with Gasteiger partial charge >= 0.3 is 12.1 Å². The van der Waals surface area contributed by atoms with Gasteiger partial charge in [0.15, 0.2) is 0 Å². The van der Waals surface area contributed by atoms with Gasteiger partial charge in [-0.25, -0.2) is 9.18 Å². The molecule has 9 heteroatoms. The molecule has 41 heavy (non-hydrogen) atoms. The largest absolute Gasteiger partial charge is 0.507 e. The number of benzene rings is 3. The molecule has 0 radical (unpaired) electrons.